The average Bonchev–Trinajstić information content (AvgIpc) is 1.90. The average molecular weight is 145 g/mol. The molecule has 1 saturated carbocycles. The third-order valence-electron chi connectivity index (χ3n) is 2.10. The zero-order chi connectivity index (χ0) is 6.69. The van der Waals surface area contributed by atoms with Crippen molar-refractivity contribution in [3.8, 4) is 0 Å². The molecular formula is C7H15NS. The van der Waals surface area contributed by atoms with Gasteiger partial charge in [0.05, 0.1) is 0 Å². The highest BCUT2D eigenvalue weighted by Gasteiger charge is 2.14. The highest BCUT2D eigenvalue weighted by atomic mass is 32.1. The van der Waals surface area contributed by atoms with Gasteiger partial charge in [0.1, 0.15) is 0 Å². The number of thiol groups is 1. The van der Waals surface area contributed by atoms with Crippen LogP contribution < -0.4 is 0 Å². The van der Waals surface area contributed by atoms with E-state index in [2.05, 4.69) is 24.2 Å². The minimum Gasteiger partial charge on any atom is -0.253 e. The Balaban J connectivity index is 2.23. The van der Waals surface area contributed by atoms with Crippen molar-refractivity contribution in [1.82, 2.24) is 4.31 Å². The summed E-state index contributed by atoms with van der Waals surface area (Å²) in [5.74, 6) is 0. The summed E-state index contributed by atoms with van der Waals surface area (Å²) in [6.07, 6.45) is 6.92. The minimum absolute atomic E-state index is 0.752. The number of hydrogen-bond acceptors (Lipinski definition) is 2. The molecule has 0 aromatic heterocycles. The van der Waals surface area contributed by atoms with Crippen LogP contribution in [0.4, 0.5) is 0 Å². The van der Waals surface area contributed by atoms with Gasteiger partial charge in [0.25, 0.3) is 0 Å². The van der Waals surface area contributed by atoms with Crippen LogP contribution in [0.15, 0.2) is 0 Å². The molecule has 1 aliphatic carbocycles. The molecule has 1 aliphatic rings. The Bertz CT molecular complexity index is 77.0. The molecule has 0 N–H and O–H groups in total. The zero-order valence-corrected chi connectivity index (χ0v) is 6.90. The fraction of sp³-hybridized carbons (Fsp3) is 1.00. The SMILES string of the molecule is CN(S)C1CCCCC1. The van der Waals surface area contributed by atoms with E-state index in [-0.39, 0.29) is 0 Å². The van der Waals surface area contributed by atoms with Crippen molar-refractivity contribution in [1.29, 1.82) is 0 Å². The van der Waals surface area contributed by atoms with Crippen molar-refractivity contribution in [3.05, 3.63) is 0 Å². The maximum atomic E-state index is 4.27. The van der Waals surface area contributed by atoms with Gasteiger partial charge in [0.2, 0.25) is 0 Å². The van der Waals surface area contributed by atoms with Gasteiger partial charge in [-0.15, -0.1) is 0 Å². The van der Waals surface area contributed by atoms with Crippen LogP contribution in [-0.2, 0) is 0 Å². The van der Waals surface area contributed by atoms with E-state index in [1.165, 1.54) is 32.1 Å². The molecule has 0 aliphatic heterocycles. The van der Waals surface area contributed by atoms with E-state index in [0.29, 0.717) is 0 Å². The van der Waals surface area contributed by atoms with Crippen LogP contribution in [0.3, 0.4) is 0 Å². The van der Waals surface area contributed by atoms with Crippen LogP contribution in [0.1, 0.15) is 32.1 Å². The second kappa shape index (κ2) is 3.47. The molecule has 9 heavy (non-hydrogen) atoms. The van der Waals surface area contributed by atoms with Crippen molar-refractivity contribution in [2.24, 2.45) is 0 Å². The van der Waals surface area contributed by atoms with Crippen molar-refractivity contribution in [2.45, 2.75) is 38.1 Å². The number of hydrogen-bond donors (Lipinski definition) is 1. The summed E-state index contributed by atoms with van der Waals surface area (Å²) in [5, 5.41) is 0. The van der Waals surface area contributed by atoms with Gasteiger partial charge in [0, 0.05) is 6.04 Å². The molecule has 0 radical (unpaired) electrons. The summed E-state index contributed by atoms with van der Waals surface area (Å²) in [6, 6.07) is 0.752. The lowest BCUT2D eigenvalue weighted by molar-refractivity contribution is 0.308. The van der Waals surface area contributed by atoms with Gasteiger partial charge >= 0.3 is 0 Å². The lowest BCUT2D eigenvalue weighted by atomic mass is 9.96. The lowest BCUT2D eigenvalue weighted by Crippen LogP contribution is -2.25. The molecule has 0 atom stereocenters. The van der Waals surface area contributed by atoms with Gasteiger partial charge in [-0.2, -0.15) is 0 Å². The van der Waals surface area contributed by atoms with E-state index in [9.17, 15) is 0 Å². The smallest absolute Gasteiger partial charge is 0.0197 e. The summed E-state index contributed by atoms with van der Waals surface area (Å²) in [5.41, 5.74) is 0. The largest absolute Gasteiger partial charge is 0.253 e. The Hall–Kier alpha value is 0.310. The first kappa shape index (κ1) is 7.42. The summed E-state index contributed by atoms with van der Waals surface area (Å²) >= 11 is 4.27. The molecule has 2 heteroatoms. The molecule has 54 valence electrons. The Morgan fingerprint density at radius 1 is 1.22 bits per heavy atom. The Labute approximate surface area is 63.0 Å². The van der Waals surface area contributed by atoms with E-state index in [1.54, 1.807) is 0 Å². The van der Waals surface area contributed by atoms with Gasteiger partial charge in [-0.1, -0.05) is 32.1 Å². The molecule has 0 bridgehead atoms. The molecular weight excluding hydrogens is 130 g/mol. The maximum Gasteiger partial charge on any atom is 0.0197 e. The van der Waals surface area contributed by atoms with Crippen LogP contribution in [0.2, 0.25) is 0 Å². The monoisotopic (exact) mass is 145 g/mol. The summed E-state index contributed by atoms with van der Waals surface area (Å²) in [7, 11) is 2.05. The summed E-state index contributed by atoms with van der Waals surface area (Å²) in [6.45, 7) is 0. The number of rotatable bonds is 1. The molecule has 0 spiro atoms. The quantitative estimate of drug-likeness (QED) is 0.553. The molecule has 1 nitrogen and oxygen atoms in total. The fourth-order valence-electron chi connectivity index (χ4n) is 1.45. The standard InChI is InChI=1S/C7H15NS/c1-8(9)7-5-3-2-4-6-7/h7,9H,2-6H2,1H3. The van der Waals surface area contributed by atoms with Gasteiger partial charge < -0.3 is 0 Å². The highest BCUT2D eigenvalue weighted by Crippen LogP contribution is 2.21. The second-order valence-electron chi connectivity index (χ2n) is 2.87. The van der Waals surface area contributed by atoms with Gasteiger partial charge in [-0.05, 0) is 19.9 Å². The molecule has 0 aromatic carbocycles. The number of nitrogens with zero attached hydrogens (tertiary/aromatic N) is 1. The van der Waals surface area contributed by atoms with Crippen molar-refractivity contribution >= 4 is 12.8 Å². The Kier molecular flexibility index (Phi) is 2.86. The zero-order valence-electron chi connectivity index (χ0n) is 6.01. The van der Waals surface area contributed by atoms with Crippen molar-refractivity contribution in [3.63, 3.8) is 0 Å². The van der Waals surface area contributed by atoms with Crippen LogP contribution in [0.25, 0.3) is 0 Å². The predicted octanol–water partition coefficient (Wildman–Crippen LogP) is 2.10. The van der Waals surface area contributed by atoms with Crippen LogP contribution in [0, 0.1) is 0 Å². The van der Waals surface area contributed by atoms with Crippen molar-refractivity contribution in [2.75, 3.05) is 7.05 Å². The van der Waals surface area contributed by atoms with Crippen LogP contribution >= 0.6 is 12.8 Å². The summed E-state index contributed by atoms with van der Waals surface area (Å²) in [4.78, 5) is 0. The van der Waals surface area contributed by atoms with Gasteiger partial charge in [-0.3, -0.25) is 4.31 Å². The lowest BCUT2D eigenvalue weighted by Gasteiger charge is -2.26. The fourth-order valence-corrected chi connectivity index (χ4v) is 1.69. The van der Waals surface area contributed by atoms with Crippen LogP contribution in [0.5, 0.6) is 0 Å². The first-order chi connectivity index (χ1) is 4.30. The van der Waals surface area contributed by atoms with E-state index < -0.39 is 0 Å². The molecule has 0 amide bonds. The molecule has 1 fully saturated rings. The minimum atomic E-state index is 0.752. The molecule has 0 saturated heterocycles. The Morgan fingerprint density at radius 2 is 1.78 bits per heavy atom. The predicted molar refractivity (Wildman–Crippen MR) is 43.6 cm³/mol. The topological polar surface area (TPSA) is 3.24 Å². The van der Waals surface area contributed by atoms with Gasteiger partial charge in [-0.25, -0.2) is 0 Å². The molecule has 0 aromatic rings. The van der Waals surface area contributed by atoms with Crippen molar-refractivity contribution < 1.29 is 0 Å². The third kappa shape index (κ3) is 2.18. The van der Waals surface area contributed by atoms with E-state index in [1.807, 2.05) is 0 Å². The first-order valence-corrected chi connectivity index (χ1v) is 4.12. The summed E-state index contributed by atoms with van der Waals surface area (Å²) < 4.78 is 2.05. The van der Waals surface area contributed by atoms with Gasteiger partial charge in [0.15, 0.2) is 0 Å². The maximum absolute atomic E-state index is 4.27. The van der Waals surface area contributed by atoms with E-state index in [0.717, 1.165) is 6.04 Å². The highest BCUT2D eigenvalue weighted by molar-refractivity contribution is 7.77. The van der Waals surface area contributed by atoms with Crippen LogP contribution in [-0.4, -0.2) is 17.4 Å². The van der Waals surface area contributed by atoms with E-state index in [4.69, 9.17) is 0 Å². The molecule has 0 heterocycles. The normalized spacial score (nSPS) is 23.0. The van der Waals surface area contributed by atoms with E-state index >= 15 is 0 Å². The first-order valence-electron chi connectivity index (χ1n) is 3.72. The Morgan fingerprint density at radius 3 is 2.11 bits per heavy atom. The third-order valence-corrected chi connectivity index (χ3v) is 2.43. The second-order valence-corrected chi connectivity index (χ2v) is 3.50. The molecule has 0 unspecified atom stereocenters. The molecule has 1 rings (SSSR count).